The average Bonchev–Trinajstić information content (AvgIpc) is 2.61. The van der Waals surface area contributed by atoms with Gasteiger partial charge in [0.1, 0.15) is 0 Å². The molecule has 6 nitrogen and oxygen atoms in total. The predicted molar refractivity (Wildman–Crippen MR) is 95.6 cm³/mol. The second-order valence-electron chi connectivity index (χ2n) is 5.18. The van der Waals surface area contributed by atoms with E-state index in [0.29, 0.717) is 11.3 Å². The van der Waals surface area contributed by atoms with Crippen molar-refractivity contribution in [2.75, 3.05) is 19.0 Å². The Hall–Kier alpha value is -2.67. The number of halogens is 1. The lowest BCUT2D eigenvalue weighted by atomic mass is 10.1. The molecule has 0 saturated carbocycles. The summed E-state index contributed by atoms with van der Waals surface area (Å²) in [7, 11) is 1.27. The van der Waals surface area contributed by atoms with E-state index in [9.17, 15) is 14.4 Å². The molecule has 0 unspecified atom stereocenters. The van der Waals surface area contributed by atoms with Gasteiger partial charge < -0.3 is 14.8 Å². The summed E-state index contributed by atoms with van der Waals surface area (Å²) < 4.78 is 10.3. The average molecular weight is 406 g/mol. The molecule has 2 aromatic carbocycles. The first-order chi connectivity index (χ1) is 11.9. The molecule has 0 saturated heterocycles. The van der Waals surface area contributed by atoms with E-state index in [1.54, 1.807) is 6.07 Å². The maximum Gasteiger partial charge on any atom is 0.338 e. The first kappa shape index (κ1) is 18.7. The van der Waals surface area contributed by atoms with Gasteiger partial charge >= 0.3 is 11.9 Å². The van der Waals surface area contributed by atoms with Gasteiger partial charge in [0.2, 0.25) is 0 Å². The zero-order valence-electron chi connectivity index (χ0n) is 13.7. The van der Waals surface area contributed by atoms with Crippen LogP contribution >= 0.6 is 15.9 Å². The fourth-order valence-corrected chi connectivity index (χ4v) is 2.57. The van der Waals surface area contributed by atoms with Gasteiger partial charge in [-0.05, 0) is 64.8 Å². The molecule has 0 heterocycles. The highest BCUT2D eigenvalue weighted by Gasteiger charge is 2.13. The smallest absolute Gasteiger partial charge is 0.338 e. The number of anilines is 1. The van der Waals surface area contributed by atoms with Gasteiger partial charge in [-0.25, -0.2) is 9.59 Å². The number of esters is 2. The molecule has 25 heavy (non-hydrogen) atoms. The van der Waals surface area contributed by atoms with Crippen LogP contribution in [0.3, 0.4) is 0 Å². The van der Waals surface area contributed by atoms with Gasteiger partial charge in [0.05, 0.1) is 23.9 Å². The van der Waals surface area contributed by atoms with Crippen LogP contribution in [0.5, 0.6) is 0 Å². The van der Waals surface area contributed by atoms with E-state index >= 15 is 0 Å². The Morgan fingerprint density at radius 3 is 2.16 bits per heavy atom. The fraction of sp³-hybridized carbons (Fsp3) is 0.167. The summed E-state index contributed by atoms with van der Waals surface area (Å²) in [6.07, 6.45) is 0. The Labute approximate surface area is 153 Å². The van der Waals surface area contributed by atoms with E-state index in [-0.39, 0.29) is 5.56 Å². The van der Waals surface area contributed by atoms with Crippen LogP contribution in [0.15, 0.2) is 46.9 Å². The molecule has 0 radical (unpaired) electrons. The Morgan fingerprint density at radius 2 is 1.60 bits per heavy atom. The summed E-state index contributed by atoms with van der Waals surface area (Å²) >= 11 is 3.36. The van der Waals surface area contributed by atoms with Gasteiger partial charge in [0.25, 0.3) is 5.91 Å². The molecule has 0 aliphatic carbocycles. The summed E-state index contributed by atoms with van der Waals surface area (Å²) in [5.41, 5.74) is 2.19. The van der Waals surface area contributed by atoms with Gasteiger partial charge in [-0.2, -0.15) is 0 Å². The number of carbonyl (C=O) groups is 3. The number of hydrogen-bond acceptors (Lipinski definition) is 5. The van der Waals surface area contributed by atoms with E-state index in [4.69, 9.17) is 4.74 Å². The third kappa shape index (κ3) is 5.15. The Kier molecular flexibility index (Phi) is 6.30. The van der Waals surface area contributed by atoms with Gasteiger partial charge in [-0.15, -0.1) is 0 Å². The summed E-state index contributed by atoms with van der Waals surface area (Å²) in [6.45, 7) is 1.52. The van der Waals surface area contributed by atoms with Crippen LogP contribution in [-0.2, 0) is 14.3 Å². The second-order valence-corrected chi connectivity index (χ2v) is 6.03. The van der Waals surface area contributed by atoms with Crippen LogP contribution < -0.4 is 5.32 Å². The van der Waals surface area contributed by atoms with E-state index in [1.807, 2.05) is 19.1 Å². The normalized spacial score (nSPS) is 10.0. The number of carbonyl (C=O) groups excluding carboxylic acids is 3. The minimum atomic E-state index is -0.658. The summed E-state index contributed by atoms with van der Waals surface area (Å²) in [5.74, 6) is -1.61. The van der Waals surface area contributed by atoms with Gasteiger partial charge in [0.15, 0.2) is 6.61 Å². The standard InChI is InChI=1S/C18H16BrNO5/c1-11-3-8-15(14(19)9-11)20-16(21)10-25-18(23)13-6-4-12(5-7-13)17(22)24-2/h3-9H,10H2,1-2H3,(H,20,21). The van der Waals surface area contributed by atoms with Crippen LogP contribution in [-0.4, -0.2) is 31.6 Å². The van der Waals surface area contributed by atoms with E-state index in [0.717, 1.165) is 10.0 Å². The van der Waals surface area contributed by atoms with Crippen molar-refractivity contribution < 1.29 is 23.9 Å². The molecule has 0 fully saturated rings. The van der Waals surface area contributed by atoms with Gasteiger partial charge in [-0.1, -0.05) is 6.07 Å². The minimum Gasteiger partial charge on any atom is -0.465 e. The molecule has 1 N–H and O–H groups in total. The number of nitrogens with one attached hydrogen (secondary N) is 1. The molecular weight excluding hydrogens is 390 g/mol. The molecule has 0 aromatic heterocycles. The van der Waals surface area contributed by atoms with E-state index in [1.165, 1.54) is 31.4 Å². The van der Waals surface area contributed by atoms with Crippen molar-refractivity contribution in [3.05, 3.63) is 63.6 Å². The monoisotopic (exact) mass is 405 g/mol. The topological polar surface area (TPSA) is 81.7 Å². The molecule has 0 spiro atoms. The largest absolute Gasteiger partial charge is 0.465 e. The number of methoxy groups -OCH3 is 1. The zero-order valence-corrected chi connectivity index (χ0v) is 15.3. The van der Waals surface area contributed by atoms with Crippen LogP contribution in [0.4, 0.5) is 5.69 Å². The quantitative estimate of drug-likeness (QED) is 0.771. The molecule has 0 aliphatic rings. The fourth-order valence-electron chi connectivity index (χ4n) is 1.98. The highest BCUT2D eigenvalue weighted by atomic mass is 79.9. The predicted octanol–water partition coefficient (Wildman–Crippen LogP) is 3.34. The number of aryl methyl sites for hydroxylation is 1. The Balaban J connectivity index is 1.90. The van der Waals surface area contributed by atoms with Crippen LogP contribution in [0.2, 0.25) is 0 Å². The third-order valence-corrected chi connectivity index (χ3v) is 3.93. The molecular formula is C18H16BrNO5. The van der Waals surface area contributed by atoms with Gasteiger partial charge in [-0.3, -0.25) is 4.79 Å². The van der Waals surface area contributed by atoms with Crippen molar-refractivity contribution in [3.8, 4) is 0 Å². The van der Waals surface area contributed by atoms with E-state index < -0.39 is 24.5 Å². The van der Waals surface area contributed by atoms with Crippen LogP contribution in [0, 0.1) is 6.92 Å². The number of amides is 1. The SMILES string of the molecule is COC(=O)c1ccc(C(=O)OCC(=O)Nc2ccc(C)cc2Br)cc1. The van der Waals surface area contributed by atoms with Crippen LogP contribution in [0.25, 0.3) is 0 Å². The maximum atomic E-state index is 11.9. The molecule has 0 bridgehead atoms. The third-order valence-electron chi connectivity index (χ3n) is 3.27. The molecule has 2 aromatic rings. The molecule has 7 heteroatoms. The first-order valence-corrected chi connectivity index (χ1v) is 8.11. The molecule has 1 amide bonds. The highest BCUT2D eigenvalue weighted by molar-refractivity contribution is 9.10. The number of benzene rings is 2. The summed E-state index contributed by atoms with van der Waals surface area (Å²) in [6, 6.07) is 11.2. The van der Waals surface area contributed by atoms with Crippen molar-refractivity contribution in [2.24, 2.45) is 0 Å². The van der Waals surface area contributed by atoms with Crippen LogP contribution in [0.1, 0.15) is 26.3 Å². The first-order valence-electron chi connectivity index (χ1n) is 7.32. The molecule has 0 atom stereocenters. The van der Waals surface area contributed by atoms with Crippen molar-refractivity contribution >= 4 is 39.5 Å². The molecule has 2 rings (SSSR count). The maximum absolute atomic E-state index is 11.9. The lowest BCUT2D eigenvalue weighted by Gasteiger charge is -2.09. The van der Waals surface area contributed by atoms with Gasteiger partial charge in [0, 0.05) is 4.47 Å². The summed E-state index contributed by atoms with van der Waals surface area (Å²) in [4.78, 5) is 35.2. The van der Waals surface area contributed by atoms with Crippen molar-refractivity contribution in [1.29, 1.82) is 0 Å². The van der Waals surface area contributed by atoms with E-state index in [2.05, 4.69) is 26.0 Å². The lowest BCUT2D eigenvalue weighted by Crippen LogP contribution is -2.21. The highest BCUT2D eigenvalue weighted by Crippen LogP contribution is 2.23. The number of ether oxygens (including phenoxy) is 2. The zero-order chi connectivity index (χ0) is 18.4. The molecule has 130 valence electrons. The minimum absolute atomic E-state index is 0.233. The second kappa shape index (κ2) is 8.43. The molecule has 0 aliphatic heterocycles. The number of rotatable bonds is 5. The van der Waals surface area contributed by atoms with Crippen molar-refractivity contribution in [1.82, 2.24) is 0 Å². The Bertz CT molecular complexity index is 802. The lowest BCUT2D eigenvalue weighted by molar-refractivity contribution is -0.119. The van der Waals surface area contributed by atoms with Crippen molar-refractivity contribution in [2.45, 2.75) is 6.92 Å². The number of hydrogen-bond donors (Lipinski definition) is 1. The Morgan fingerprint density at radius 1 is 1.00 bits per heavy atom. The summed E-state index contributed by atoms with van der Waals surface area (Å²) in [5, 5.41) is 2.65. The van der Waals surface area contributed by atoms with Crippen molar-refractivity contribution in [3.63, 3.8) is 0 Å².